The minimum absolute atomic E-state index is 0. The van der Waals surface area contributed by atoms with Gasteiger partial charge in [0.1, 0.15) is 5.75 Å². The molecule has 0 fully saturated rings. The molecule has 2 aromatic rings. The zero-order valence-corrected chi connectivity index (χ0v) is 16.1. The molecule has 0 amide bonds. The van der Waals surface area contributed by atoms with Crippen LogP contribution < -0.4 is 15.8 Å². The number of aliphatic imine (C=N–C) groups is 1. The third-order valence-corrected chi connectivity index (χ3v) is 3.01. The molecular weight excluding hydrogens is 401 g/mol. The summed E-state index contributed by atoms with van der Waals surface area (Å²) in [5.41, 5.74) is 9.17. The molecule has 124 valence electrons. The third-order valence-electron chi connectivity index (χ3n) is 3.01. The van der Waals surface area contributed by atoms with E-state index in [0.717, 1.165) is 17.0 Å². The lowest BCUT2D eigenvalue weighted by molar-refractivity contribution is 0.242. The zero-order valence-electron chi connectivity index (χ0n) is 13.7. The molecule has 0 aliphatic carbocycles. The number of hydrogen-bond donors (Lipinski definition) is 2. The number of ether oxygens (including phenoxy) is 1. The highest BCUT2D eigenvalue weighted by Gasteiger charge is 1.99. The topological polar surface area (TPSA) is 59.6 Å². The van der Waals surface area contributed by atoms with Gasteiger partial charge in [0.25, 0.3) is 0 Å². The van der Waals surface area contributed by atoms with Gasteiger partial charge in [-0.15, -0.1) is 24.0 Å². The summed E-state index contributed by atoms with van der Waals surface area (Å²) in [6, 6.07) is 15.9. The van der Waals surface area contributed by atoms with Crippen LogP contribution in [0.15, 0.2) is 53.5 Å². The lowest BCUT2D eigenvalue weighted by Crippen LogP contribution is -2.22. The number of anilines is 1. The summed E-state index contributed by atoms with van der Waals surface area (Å²) in [6.45, 7) is 6.63. The lowest BCUT2D eigenvalue weighted by atomic mass is 10.1. The van der Waals surface area contributed by atoms with Gasteiger partial charge in [0.15, 0.2) is 5.96 Å². The molecule has 0 saturated heterocycles. The van der Waals surface area contributed by atoms with Crippen LogP contribution in [0.3, 0.4) is 0 Å². The summed E-state index contributed by atoms with van der Waals surface area (Å²) in [7, 11) is 0. The SMILES string of the molecule is Cc1cccc(CN=C(N)Nc2ccc(OC(C)C)cc2)c1.I. The molecular formula is C18H24IN3O. The van der Waals surface area contributed by atoms with Gasteiger partial charge in [-0.25, -0.2) is 4.99 Å². The van der Waals surface area contributed by atoms with Crippen molar-refractivity contribution in [1.82, 2.24) is 0 Å². The Kier molecular flexibility index (Phi) is 7.88. The average molecular weight is 425 g/mol. The predicted octanol–water partition coefficient (Wildman–Crippen LogP) is 4.33. The van der Waals surface area contributed by atoms with E-state index in [0.29, 0.717) is 12.5 Å². The number of nitrogens with one attached hydrogen (secondary N) is 1. The maximum Gasteiger partial charge on any atom is 0.193 e. The molecule has 23 heavy (non-hydrogen) atoms. The minimum atomic E-state index is 0. The molecule has 0 radical (unpaired) electrons. The van der Waals surface area contributed by atoms with E-state index in [1.54, 1.807) is 0 Å². The number of hydrogen-bond acceptors (Lipinski definition) is 2. The van der Waals surface area contributed by atoms with Crippen LogP contribution in [0, 0.1) is 6.92 Å². The quantitative estimate of drug-likeness (QED) is 0.426. The van der Waals surface area contributed by atoms with E-state index in [-0.39, 0.29) is 30.1 Å². The molecule has 2 aromatic carbocycles. The van der Waals surface area contributed by atoms with Crippen LogP contribution in [0.5, 0.6) is 5.75 Å². The number of aryl methyl sites for hydroxylation is 1. The van der Waals surface area contributed by atoms with E-state index in [4.69, 9.17) is 10.5 Å². The van der Waals surface area contributed by atoms with Crippen molar-refractivity contribution >= 4 is 35.6 Å². The smallest absolute Gasteiger partial charge is 0.193 e. The van der Waals surface area contributed by atoms with Crippen LogP contribution in [-0.4, -0.2) is 12.1 Å². The molecule has 0 saturated carbocycles. The summed E-state index contributed by atoms with van der Waals surface area (Å²) in [6.07, 6.45) is 0.166. The molecule has 0 aromatic heterocycles. The van der Waals surface area contributed by atoms with Crippen LogP contribution in [0.4, 0.5) is 5.69 Å². The molecule has 4 nitrogen and oxygen atoms in total. The molecule has 0 aliphatic rings. The number of rotatable bonds is 5. The van der Waals surface area contributed by atoms with Crippen molar-refractivity contribution in [3.05, 3.63) is 59.7 Å². The number of nitrogens with zero attached hydrogens (tertiary/aromatic N) is 1. The summed E-state index contributed by atoms with van der Waals surface area (Å²) < 4.78 is 5.60. The van der Waals surface area contributed by atoms with Crippen molar-refractivity contribution in [2.45, 2.75) is 33.4 Å². The molecule has 0 heterocycles. The van der Waals surface area contributed by atoms with Crippen molar-refractivity contribution < 1.29 is 4.74 Å². The second-order valence-electron chi connectivity index (χ2n) is 5.51. The van der Waals surface area contributed by atoms with Gasteiger partial charge < -0.3 is 15.8 Å². The summed E-state index contributed by atoms with van der Waals surface area (Å²) in [5.74, 6) is 1.25. The fraction of sp³-hybridized carbons (Fsp3) is 0.278. The standard InChI is InChI=1S/C18H23N3O.HI/c1-13(2)22-17-9-7-16(8-10-17)21-18(19)20-12-15-6-4-5-14(3)11-15;/h4-11,13H,12H2,1-3H3,(H3,19,20,21);1H. The van der Waals surface area contributed by atoms with E-state index in [1.165, 1.54) is 5.56 Å². The largest absolute Gasteiger partial charge is 0.491 e. The Bertz CT molecular complexity index is 639. The van der Waals surface area contributed by atoms with Crippen molar-refractivity contribution in [2.75, 3.05) is 5.32 Å². The molecule has 3 N–H and O–H groups in total. The summed E-state index contributed by atoms with van der Waals surface area (Å²) in [5, 5.41) is 3.08. The number of guanidine groups is 1. The van der Waals surface area contributed by atoms with E-state index in [2.05, 4.69) is 29.4 Å². The van der Waals surface area contributed by atoms with Gasteiger partial charge >= 0.3 is 0 Å². The van der Waals surface area contributed by atoms with Gasteiger partial charge in [-0.1, -0.05) is 29.8 Å². The monoisotopic (exact) mass is 425 g/mol. The summed E-state index contributed by atoms with van der Waals surface area (Å²) >= 11 is 0. The van der Waals surface area contributed by atoms with Gasteiger partial charge in [-0.3, -0.25) is 0 Å². The van der Waals surface area contributed by atoms with Gasteiger partial charge in [-0.2, -0.15) is 0 Å². The first-order valence-electron chi connectivity index (χ1n) is 7.42. The van der Waals surface area contributed by atoms with Crippen LogP contribution in [0.2, 0.25) is 0 Å². The van der Waals surface area contributed by atoms with Crippen molar-refractivity contribution in [1.29, 1.82) is 0 Å². The highest BCUT2D eigenvalue weighted by Crippen LogP contribution is 2.16. The van der Waals surface area contributed by atoms with Gasteiger partial charge in [0, 0.05) is 5.69 Å². The van der Waals surface area contributed by atoms with Crippen LogP contribution >= 0.6 is 24.0 Å². The Labute approximate surface area is 155 Å². The lowest BCUT2D eigenvalue weighted by Gasteiger charge is -2.11. The highest BCUT2D eigenvalue weighted by atomic mass is 127. The van der Waals surface area contributed by atoms with Crippen molar-refractivity contribution in [3.63, 3.8) is 0 Å². The first-order valence-corrected chi connectivity index (χ1v) is 7.42. The molecule has 2 rings (SSSR count). The Hall–Kier alpha value is -1.76. The second-order valence-corrected chi connectivity index (χ2v) is 5.51. The van der Waals surface area contributed by atoms with Crippen LogP contribution in [-0.2, 0) is 6.54 Å². The second kappa shape index (κ2) is 9.39. The molecule has 0 spiro atoms. The number of benzene rings is 2. The van der Waals surface area contributed by atoms with Gasteiger partial charge in [-0.05, 0) is 50.6 Å². The summed E-state index contributed by atoms with van der Waals surface area (Å²) in [4.78, 5) is 4.35. The average Bonchev–Trinajstić information content (AvgIpc) is 2.47. The van der Waals surface area contributed by atoms with Gasteiger partial charge in [0.2, 0.25) is 0 Å². The normalized spacial score (nSPS) is 11.0. The Morgan fingerprint density at radius 1 is 1.17 bits per heavy atom. The Morgan fingerprint density at radius 2 is 1.87 bits per heavy atom. The third kappa shape index (κ3) is 6.90. The number of nitrogens with two attached hydrogens (primary N) is 1. The Balaban J connectivity index is 0.00000264. The number of halogens is 1. The Morgan fingerprint density at radius 3 is 2.48 bits per heavy atom. The van der Waals surface area contributed by atoms with E-state index in [1.807, 2.05) is 50.2 Å². The molecule has 5 heteroatoms. The minimum Gasteiger partial charge on any atom is -0.491 e. The van der Waals surface area contributed by atoms with E-state index in [9.17, 15) is 0 Å². The highest BCUT2D eigenvalue weighted by molar-refractivity contribution is 14.0. The molecule has 0 bridgehead atoms. The first-order chi connectivity index (χ1) is 10.5. The van der Waals surface area contributed by atoms with Crippen molar-refractivity contribution in [2.24, 2.45) is 10.7 Å². The van der Waals surface area contributed by atoms with E-state index < -0.39 is 0 Å². The fourth-order valence-corrected chi connectivity index (χ4v) is 2.06. The first kappa shape index (κ1) is 19.3. The molecule has 0 aliphatic heterocycles. The van der Waals surface area contributed by atoms with Gasteiger partial charge in [0.05, 0.1) is 12.6 Å². The fourth-order valence-electron chi connectivity index (χ4n) is 2.06. The van der Waals surface area contributed by atoms with Crippen molar-refractivity contribution in [3.8, 4) is 5.75 Å². The molecule has 0 atom stereocenters. The maximum absolute atomic E-state index is 5.92. The van der Waals surface area contributed by atoms with Crippen LogP contribution in [0.25, 0.3) is 0 Å². The maximum atomic E-state index is 5.92. The van der Waals surface area contributed by atoms with Crippen LogP contribution in [0.1, 0.15) is 25.0 Å². The predicted molar refractivity (Wildman–Crippen MR) is 108 cm³/mol. The zero-order chi connectivity index (χ0) is 15.9. The van der Waals surface area contributed by atoms with E-state index >= 15 is 0 Å². The molecule has 0 unspecified atom stereocenters.